The van der Waals surface area contributed by atoms with E-state index in [9.17, 15) is 4.79 Å². The molecular weight excluding hydrogens is 318 g/mol. The number of benzene rings is 1. The zero-order valence-corrected chi connectivity index (χ0v) is 14.8. The maximum Gasteiger partial charge on any atom is 0.130 e. The summed E-state index contributed by atoms with van der Waals surface area (Å²) in [5, 5.41) is 9.24. The van der Waals surface area contributed by atoms with Crippen molar-refractivity contribution in [3.05, 3.63) is 53.2 Å². The number of fused-ring (bicyclic) bond motifs is 1. The van der Waals surface area contributed by atoms with Crippen LogP contribution in [-0.2, 0) is 11.2 Å². The van der Waals surface area contributed by atoms with E-state index in [2.05, 4.69) is 42.1 Å². The van der Waals surface area contributed by atoms with Crippen molar-refractivity contribution in [1.29, 1.82) is 5.26 Å². The third kappa shape index (κ3) is 4.84. The Morgan fingerprint density at radius 3 is 2.96 bits per heavy atom. The first-order chi connectivity index (χ1) is 11.7. The average molecular weight is 339 g/mol. The van der Waals surface area contributed by atoms with Gasteiger partial charge in [-0.15, -0.1) is 0 Å². The Kier molecular flexibility index (Phi) is 6.83. The molecule has 0 N–H and O–H groups in total. The molecule has 0 radical (unpaired) electrons. The van der Waals surface area contributed by atoms with Gasteiger partial charge in [0.15, 0.2) is 0 Å². The van der Waals surface area contributed by atoms with Crippen LogP contribution in [0.5, 0.6) is 0 Å². The molecule has 1 aromatic carbocycles. The van der Waals surface area contributed by atoms with E-state index in [4.69, 9.17) is 5.26 Å². The third-order valence-corrected chi connectivity index (χ3v) is 4.63. The Hall–Kier alpha value is -2.32. The lowest BCUT2D eigenvalue weighted by molar-refractivity contribution is -0.105. The summed E-state index contributed by atoms with van der Waals surface area (Å²) in [7, 11) is 2.19. The Morgan fingerprint density at radius 1 is 1.42 bits per heavy atom. The monoisotopic (exact) mass is 339 g/mol. The number of carbonyl (C=O) groups is 1. The second-order valence-corrected chi connectivity index (χ2v) is 6.62. The Morgan fingerprint density at radius 2 is 2.25 bits per heavy atom. The van der Waals surface area contributed by atoms with Crippen LogP contribution in [0.2, 0.25) is 0 Å². The van der Waals surface area contributed by atoms with Crippen LogP contribution in [0, 0.1) is 18.3 Å². The third-order valence-electron chi connectivity index (χ3n) is 3.81. The van der Waals surface area contributed by atoms with E-state index in [1.54, 1.807) is 18.3 Å². The molecule has 5 heteroatoms. The zero-order chi connectivity index (χ0) is 17.4. The average Bonchev–Trinajstić information content (AvgIpc) is 2.61. The van der Waals surface area contributed by atoms with Gasteiger partial charge in [-0.2, -0.15) is 5.26 Å². The molecule has 0 unspecified atom stereocenters. The first-order valence-corrected chi connectivity index (χ1v) is 8.86. The Balaban J connectivity index is 0.000000174. The molecule has 4 nitrogen and oxygen atoms in total. The molecule has 2 aromatic rings. The second-order valence-electron chi connectivity index (χ2n) is 5.58. The maximum absolute atomic E-state index is 10.0. The van der Waals surface area contributed by atoms with Gasteiger partial charge in [-0.3, -0.25) is 0 Å². The first-order valence-electron chi connectivity index (χ1n) is 7.88. The summed E-state index contributed by atoms with van der Waals surface area (Å²) in [6.45, 7) is 3.40. The Bertz CT molecular complexity index is 740. The van der Waals surface area contributed by atoms with Crippen molar-refractivity contribution >= 4 is 23.7 Å². The van der Waals surface area contributed by atoms with Gasteiger partial charge in [-0.1, -0.05) is 30.0 Å². The van der Waals surface area contributed by atoms with Crippen molar-refractivity contribution in [3.8, 4) is 6.07 Å². The van der Waals surface area contributed by atoms with Crippen LogP contribution in [0.4, 0.5) is 5.69 Å². The largest absolute Gasteiger partial charge is 0.374 e. The van der Waals surface area contributed by atoms with Crippen LogP contribution < -0.4 is 4.90 Å². The van der Waals surface area contributed by atoms with Crippen LogP contribution in [0.15, 0.2) is 41.6 Å². The van der Waals surface area contributed by atoms with Gasteiger partial charge in [0.25, 0.3) is 0 Å². The summed E-state index contributed by atoms with van der Waals surface area (Å²) in [6, 6.07) is 11.9. The summed E-state index contributed by atoms with van der Waals surface area (Å²) in [5.41, 5.74) is 4.96. The van der Waals surface area contributed by atoms with E-state index in [1.807, 2.05) is 6.07 Å². The highest BCUT2D eigenvalue weighted by Crippen LogP contribution is 2.28. The van der Waals surface area contributed by atoms with Crippen LogP contribution in [0.25, 0.3) is 0 Å². The predicted octanol–water partition coefficient (Wildman–Crippen LogP) is 3.62. The van der Waals surface area contributed by atoms with Crippen molar-refractivity contribution in [2.45, 2.75) is 24.8 Å². The van der Waals surface area contributed by atoms with Crippen LogP contribution in [-0.4, -0.2) is 30.6 Å². The number of hydrogen-bond donors (Lipinski definition) is 0. The maximum atomic E-state index is 10.0. The van der Waals surface area contributed by atoms with Gasteiger partial charge in [0.1, 0.15) is 6.29 Å². The number of pyridine rings is 1. The highest BCUT2D eigenvalue weighted by atomic mass is 32.2. The summed E-state index contributed by atoms with van der Waals surface area (Å²) < 4.78 is 0. The minimum atomic E-state index is 0.377. The molecular formula is C19H21N3OS. The molecule has 24 heavy (non-hydrogen) atoms. The number of thioether (sulfide) groups is 1. The number of aromatic nitrogens is 1. The van der Waals surface area contributed by atoms with E-state index < -0.39 is 0 Å². The van der Waals surface area contributed by atoms with Gasteiger partial charge in [0.05, 0.1) is 22.4 Å². The van der Waals surface area contributed by atoms with Crippen LogP contribution in [0.3, 0.4) is 0 Å². The SMILES string of the molecule is Cc1cccc2c1N(C)CCC2.N#Cc1ccnc(SCC=O)c1. The molecule has 0 atom stereocenters. The summed E-state index contributed by atoms with van der Waals surface area (Å²) in [4.78, 5) is 16.4. The highest BCUT2D eigenvalue weighted by molar-refractivity contribution is 7.99. The number of carbonyl (C=O) groups excluding carboxylic acids is 1. The van der Waals surface area contributed by atoms with Crippen molar-refractivity contribution < 1.29 is 4.79 Å². The first kappa shape index (κ1) is 18.0. The van der Waals surface area contributed by atoms with E-state index in [0.717, 1.165) is 6.29 Å². The van der Waals surface area contributed by atoms with Gasteiger partial charge in [0.2, 0.25) is 0 Å². The number of aryl methyl sites for hydroxylation is 2. The van der Waals surface area contributed by atoms with Gasteiger partial charge >= 0.3 is 0 Å². The van der Waals surface area contributed by atoms with Gasteiger partial charge in [0, 0.05) is 25.5 Å². The highest BCUT2D eigenvalue weighted by Gasteiger charge is 2.14. The van der Waals surface area contributed by atoms with Crippen LogP contribution in [0.1, 0.15) is 23.1 Å². The minimum Gasteiger partial charge on any atom is -0.374 e. The van der Waals surface area contributed by atoms with Crippen molar-refractivity contribution in [1.82, 2.24) is 4.98 Å². The second kappa shape index (κ2) is 9.09. The van der Waals surface area contributed by atoms with Crippen molar-refractivity contribution in [2.24, 2.45) is 0 Å². The minimum absolute atomic E-state index is 0.377. The standard InChI is InChI=1S/C11H15N.C8H6N2OS/c1-9-5-3-6-10-7-4-8-12(2)11(9)10;9-6-7-1-2-10-8(5-7)12-4-3-11/h3,5-6H,4,7-8H2,1-2H3;1-3,5H,4H2. The number of aldehydes is 1. The van der Waals surface area contributed by atoms with Crippen molar-refractivity contribution in [2.75, 3.05) is 24.2 Å². The number of nitriles is 1. The summed E-state index contributed by atoms with van der Waals surface area (Å²) >= 11 is 1.32. The number of rotatable bonds is 3. The van der Waals surface area contributed by atoms with E-state index in [-0.39, 0.29) is 0 Å². The molecule has 1 aromatic heterocycles. The van der Waals surface area contributed by atoms with Gasteiger partial charge in [-0.05, 0) is 43.0 Å². The number of anilines is 1. The quantitative estimate of drug-likeness (QED) is 0.631. The molecule has 0 saturated heterocycles. The topological polar surface area (TPSA) is 57.0 Å². The molecule has 0 bridgehead atoms. The molecule has 3 rings (SSSR count). The molecule has 0 saturated carbocycles. The summed E-state index contributed by atoms with van der Waals surface area (Å²) in [6.07, 6.45) is 4.92. The fourth-order valence-electron chi connectivity index (χ4n) is 2.76. The molecule has 0 aliphatic carbocycles. The number of nitrogens with zero attached hydrogens (tertiary/aromatic N) is 3. The number of para-hydroxylation sites is 1. The normalized spacial score (nSPS) is 12.5. The van der Waals surface area contributed by atoms with E-state index >= 15 is 0 Å². The summed E-state index contributed by atoms with van der Waals surface area (Å²) in [5.74, 6) is 0.377. The van der Waals surface area contributed by atoms with Gasteiger partial charge < -0.3 is 9.69 Å². The fraction of sp³-hybridized carbons (Fsp3) is 0.316. The number of hydrogen-bond acceptors (Lipinski definition) is 5. The Labute approximate surface area is 147 Å². The van der Waals surface area contributed by atoms with Gasteiger partial charge in [-0.25, -0.2) is 4.98 Å². The molecule has 0 amide bonds. The smallest absolute Gasteiger partial charge is 0.130 e. The fourth-order valence-corrected chi connectivity index (χ4v) is 3.35. The molecule has 1 aliphatic heterocycles. The van der Waals surface area contributed by atoms with E-state index in [1.165, 1.54) is 48.0 Å². The molecule has 0 spiro atoms. The van der Waals surface area contributed by atoms with Crippen molar-refractivity contribution in [3.63, 3.8) is 0 Å². The lowest BCUT2D eigenvalue weighted by Gasteiger charge is -2.29. The molecule has 2 heterocycles. The van der Waals surface area contributed by atoms with Crippen LogP contribution >= 0.6 is 11.8 Å². The lowest BCUT2D eigenvalue weighted by Crippen LogP contribution is -2.25. The lowest BCUT2D eigenvalue weighted by atomic mass is 9.99. The molecule has 124 valence electrons. The zero-order valence-electron chi connectivity index (χ0n) is 14.0. The molecule has 1 aliphatic rings. The van der Waals surface area contributed by atoms with E-state index in [0.29, 0.717) is 16.3 Å². The predicted molar refractivity (Wildman–Crippen MR) is 98.5 cm³/mol. The molecule has 0 fully saturated rings.